The SMILES string of the molecule is CC1CC(Oc2ccc(CN)nc2)CC(C)O1. The van der Waals surface area contributed by atoms with Gasteiger partial charge >= 0.3 is 0 Å². The molecule has 4 nitrogen and oxygen atoms in total. The van der Waals surface area contributed by atoms with Crippen molar-refractivity contribution in [3.8, 4) is 5.75 Å². The molecular weight excluding hydrogens is 216 g/mol. The van der Waals surface area contributed by atoms with E-state index in [1.165, 1.54) is 0 Å². The molecule has 1 aromatic heterocycles. The molecule has 0 bridgehead atoms. The first-order valence-corrected chi connectivity index (χ1v) is 6.14. The van der Waals surface area contributed by atoms with Crippen LogP contribution in [0.5, 0.6) is 5.75 Å². The number of hydrogen-bond donors (Lipinski definition) is 1. The molecule has 2 N–H and O–H groups in total. The van der Waals surface area contributed by atoms with Gasteiger partial charge in [0, 0.05) is 19.4 Å². The highest BCUT2D eigenvalue weighted by atomic mass is 16.5. The van der Waals surface area contributed by atoms with Gasteiger partial charge in [-0.2, -0.15) is 0 Å². The molecule has 0 saturated carbocycles. The normalized spacial score (nSPS) is 29.0. The van der Waals surface area contributed by atoms with Crippen LogP contribution in [0, 0.1) is 0 Å². The van der Waals surface area contributed by atoms with Crippen LogP contribution >= 0.6 is 0 Å². The maximum Gasteiger partial charge on any atom is 0.138 e. The second-order valence-corrected chi connectivity index (χ2v) is 4.66. The minimum absolute atomic E-state index is 0.222. The molecule has 2 atom stereocenters. The van der Waals surface area contributed by atoms with Gasteiger partial charge in [0.05, 0.1) is 24.1 Å². The lowest BCUT2D eigenvalue weighted by molar-refractivity contribution is -0.0722. The second kappa shape index (κ2) is 5.47. The van der Waals surface area contributed by atoms with Crippen molar-refractivity contribution in [2.24, 2.45) is 5.73 Å². The number of nitrogens with two attached hydrogens (primary N) is 1. The Morgan fingerprint density at radius 1 is 1.35 bits per heavy atom. The van der Waals surface area contributed by atoms with Gasteiger partial charge < -0.3 is 15.2 Å². The third kappa shape index (κ3) is 3.41. The number of ether oxygens (including phenoxy) is 2. The third-order valence-electron chi connectivity index (χ3n) is 2.96. The number of nitrogens with zero attached hydrogens (tertiary/aromatic N) is 1. The van der Waals surface area contributed by atoms with E-state index < -0.39 is 0 Å². The molecule has 1 aliphatic rings. The Hall–Kier alpha value is -1.13. The summed E-state index contributed by atoms with van der Waals surface area (Å²) in [5, 5.41) is 0. The van der Waals surface area contributed by atoms with Crippen LogP contribution in [0.1, 0.15) is 32.4 Å². The first-order valence-electron chi connectivity index (χ1n) is 6.14. The zero-order chi connectivity index (χ0) is 12.3. The maximum atomic E-state index is 5.91. The Bertz CT molecular complexity index is 343. The molecule has 2 heterocycles. The van der Waals surface area contributed by atoms with Crippen LogP contribution in [0.2, 0.25) is 0 Å². The van der Waals surface area contributed by atoms with E-state index in [0.29, 0.717) is 6.54 Å². The van der Waals surface area contributed by atoms with Gasteiger partial charge in [-0.1, -0.05) is 0 Å². The lowest BCUT2D eigenvalue weighted by Crippen LogP contribution is -2.35. The summed E-state index contributed by atoms with van der Waals surface area (Å²) >= 11 is 0. The first-order chi connectivity index (χ1) is 8.17. The van der Waals surface area contributed by atoms with Gasteiger partial charge in [0.15, 0.2) is 0 Å². The molecule has 17 heavy (non-hydrogen) atoms. The van der Waals surface area contributed by atoms with Crippen LogP contribution in [0.4, 0.5) is 0 Å². The van der Waals surface area contributed by atoms with E-state index in [-0.39, 0.29) is 18.3 Å². The zero-order valence-electron chi connectivity index (χ0n) is 10.4. The average Bonchev–Trinajstić information content (AvgIpc) is 2.28. The quantitative estimate of drug-likeness (QED) is 0.870. The second-order valence-electron chi connectivity index (χ2n) is 4.66. The molecule has 4 heteroatoms. The Morgan fingerprint density at radius 2 is 2.06 bits per heavy atom. The molecule has 2 rings (SSSR count). The average molecular weight is 236 g/mol. The van der Waals surface area contributed by atoms with Crippen molar-refractivity contribution in [3.05, 3.63) is 24.0 Å². The van der Waals surface area contributed by atoms with Gasteiger partial charge in [0.25, 0.3) is 0 Å². The molecule has 1 aromatic rings. The third-order valence-corrected chi connectivity index (χ3v) is 2.96. The number of rotatable bonds is 3. The van der Waals surface area contributed by atoms with Gasteiger partial charge in [0.1, 0.15) is 11.9 Å². The van der Waals surface area contributed by atoms with Crippen molar-refractivity contribution >= 4 is 0 Å². The predicted molar refractivity (Wildman–Crippen MR) is 65.8 cm³/mol. The molecule has 1 saturated heterocycles. The van der Waals surface area contributed by atoms with Gasteiger partial charge in [-0.15, -0.1) is 0 Å². The maximum absolute atomic E-state index is 5.91. The van der Waals surface area contributed by atoms with E-state index in [0.717, 1.165) is 24.3 Å². The molecule has 0 amide bonds. The van der Waals surface area contributed by atoms with E-state index in [1.807, 2.05) is 12.1 Å². The van der Waals surface area contributed by atoms with Crippen molar-refractivity contribution in [3.63, 3.8) is 0 Å². The molecule has 1 fully saturated rings. The molecule has 0 aliphatic carbocycles. The van der Waals surface area contributed by atoms with Gasteiger partial charge in [-0.05, 0) is 26.0 Å². The minimum Gasteiger partial charge on any atom is -0.489 e. The largest absolute Gasteiger partial charge is 0.489 e. The summed E-state index contributed by atoms with van der Waals surface area (Å²) in [4.78, 5) is 4.22. The molecule has 0 spiro atoms. The first kappa shape index (κ1) is 12.3. The predicted octanol–water partition coefficient (Wildman–Crippen LogP) is 1.88. The number of aromatic nitrogens is 1. The Morgan fingerprint density at radius 3 is 2.59 bits per heavy atom. The highest BCUT2D eigenvalue weighted by molar-refractivity contribution is 5.20. The smallest absolute Gasteiger partial charge is 0.138 e. The monoisotopic (exact) mass is 236 g/mol. The fourth-order valence-electron chi connectivity index (χ4n) is 2.23. The number of pyridine rings is 1. The van der Waals surface area contributed by atoms with Crippen LogP contribution in [0.15, 0.2) is 18.3 Å². The van der Waals surface area contributed by atoms with E-state index in [1.54, 1.807) is 6.20 Å². The molecule has 0 radical (unpaired) electrons. The lowest BCUT2D eigenvalue weighted by atomic mass is 10.0. The fraction of sp³-hybridized carbons (Fsp3) is 0.615. The van der Waals surface area contributed by atoms with Gasteiger partial charge in [-0.25, -0.2) is 0 Å². The van der Waals surface area contributed by atoms with Crippen LogP contribution in [-0.2, 0) is 11.3 Å². The number of hydrogen-bond acceptors (Lipinski definition) is 4. The van der Waals surface area contributed by atoms with Crippen LogP contribution < -0.4 is 10.5 Å². The van der Waals surface area contributed by atoms with Crippen molar-refractivity contribution in [1.82, 2.24) is 4.98 Å². The van der Waals surface area contributed by atoms with Gasteiger partial charge in [0.2, 0.25) is 0 Å². The van der Waals surface area contributed by atoms with E-state index in [4.69, 9.17) is 15.2 Å². The highest BCUT2D eigenvalue weighted by Gasteiger charge is 2.25. The summed E-state index contributed by atoms with van der Waals surface area (Å²) in [5.74, 6) is 0.813. The van der Waals surface area contributed by atoms with Crippen molar-refractivity contribution in [2.75, 3.05) is 0 Å². The van der Waals surface area contributed by atoms with Crippen molar-refractivity contribution < 1.29 is 9.47 Å². The summed E-state index contributed by atoms with van der Waals surface area (Å²) in [5.41, 5.74) is 6.38. The highest BCUT2D eigenvalue weighted by Crippen LogP contribution is 2.23. The van der Waals surface area contributed by atoms with Gasteiger partial charge in [-0.3, -0.25) is 4.98 Å². The lowest BCUT2D eigenvalue weighted by Gasteiger charge is -2.32. The Kier molecular flexibility index (Phi) is 3.97. The molecule has 1 aliphatic heterocycles. The van der Waals surface area contributed by atoms with E-state index in [9.17, 15) is 0 Å². The summed E-state index contributed by atoms with van der Waals surface area (Å²) in [7, 11) is 0. The minimum atomic E-state index is 0.222. The van der Waals surface area contributed by atoms with E-state index in [2.05, 4.69) is 18.8 Å². The standard InChI is InChI=1S/C13H20N2O2/c1-9-5-13(6-10(2)16-9)17-12-4-3-11(7-14)15-8-12/h3-4,8-10,13H,5-7,14H2,1-2H3. The van der Waals surface area contributed by atoms with Crippen LogP contribution in [0.3, 0.4) is 0 Å². The molecule has 94 valence electrons. The Balaban J connectivity index is 1.95. The molecular formula is C13H20N2O2. The van der Waals surface area contributed by atoms with Crippen molar-refractivity contribution in [2.45, 2.75) is 51.5 Å². The summed E-state index contributed by atoms with van der Waals surface area (Å²) in [6.45, 7) is 4.63. The van der Waals surface area contributed by atoms with Crippen LogP contribution in [0.25, 0.3) is 0 Å². The fourth-order valence-corrected chi connectivity index (χ4v) is 2.23. The summed E-state index contributed by atoms with van der Waals surface area (Å²) in [6, 6.07) is 3.83. The zero-order valence-corrected chi connectivity index (χ0v) is 10.4. The van der Waals surface area contributed by atoms with E-state index >= 15 is 0 Å². The molecule has 0 aromatic carbocycles. The molecule has 2 unspecified atom stereocenters. The van der Waals surface area contributed by atoms with Crippen molar-refractivity contribution in [1.29, 1.82) is 0 Å². The topological polar surface area (TPSA) is 57.4 Å². The Labute approximate surface area is 102 Å². The van der Waals surface area contributed by atoms with Crippen LogP contribution in [-0.4, -0.2) is 23.3 Å². The summed E-state index contributed by atoms with van der Waals surface area (Å²) in [6.07, 6.45) is 4.36. The summed E-state index contributed by atoms with van der Waals surface area (Å²) < 4.78 is 11.6.